The molecule has 3 N–H and O–H groups in total. The molecule has 0 atom stereocenters. The zero-order valence-corrected chi connectivity index (χ0v) is 18.4. The van der Waals surface area contributed by atoms with Gasteiger partial charge in [-0.25, -0.2) is 13.8 Å². The lowest BCUT2D eigenvalue weighted by molar-refractivity contribution is -0.137. The highest BCUT2D eigenvalue weighted by Gasteiger charge is 2.35. The molecule has 2 amide bonds. The van der Waals surface area contributed by atoms with Gasteiger partial charge in [0.05, 0.1) is 16.8 Å². The number of aromatic nitrogens is 2. The number of benzene rings is 1. The van der Waals surface area contributed by atoms with E-state index in [2.05, 4.69) is 20.6 Å². The first-order valence-corrected chi connectivity index (χ1v) is 10.7. The number of nitrogens with one attached hydrogen (secondary N) is 3. The first kappa shape index (κ1) is 24.4. The van der Waals surface area contributed by atoms with E-state index in [4.69, 9.17) is 4.74 Å². The van der Waals surface area contributed by atoms with E-state index >= 15 is 0 Å². The third-order valence-electron chi connectivity index (χ3n) is 5.97. The SMILES string of the molecule is C[C@]1(Oc2ccc(C(F)(F)F)cn2)CC[C@@H](NC(=O)C(=O)Nc2c[nH]c3cc(F)c(F)cc23)CC1. The minimum Gasteiger partial charge on any atom is -0.471 e. The maximum atomic E-state index is 13.5. The number of H-pyrrole nitrogens is 1. The van der Waals surface area contributed by atoms with Gasteiger partial charge in [-0.15, -0.1) is 0 Å². The molecule has 12 heteroatoms. The molecule has 0 saturated heterocycles. The third-order valence-corrected chi connectivity index (χ3v) is 5.97. The van der Waals surface area contributed by atoms with Gasteiger partial charge >= 0.3 is 18.0 Å². The van der Waals surface area contributed by atoms with E-state index in [0.29, 0.717) is 31.9 Å². The van der Waals surface area contributed by atoms with Gasteiger partial charge in [0.1, 0.15) is 5.60 Å². The Morgan fingerprint density at radius 3 is 2.43 bits per heavy atom. The fourth-order valence-corrected chi connectivity index (χ4v) is 3.99. The number of aromatic amines is 1. The molecule has 7 nitrogen and oxygen atoms in total. The lowest BCUT2D eigenvalue weighted by Gasteiger charge is -2.37. The Bertz CT molecular complexity index is 1250. The fraction of sp³-hybridized carbons (Fsp3) is 0.348. The van der Waals surface area contributed by atoms with E-state index in [1.165, 1.54) is 6.20 Å². The van der Waals surface area contributed by atoms with Crippen LogP contribution < -0.4 is 15.4 Å². The van der Waals surface area contributed by atoms with Gasteiger partial charge in [-0.2, -0.15) is 13.2 Å². The predicted octanol–water partition coefficient (Wildman–Crippen LogP) is 4.69. The maximum absolute atomic E-state index is 13.5. The lowest BCUT2D eigenvalue weighted by atomic mass is 9.83. The quantitative estimate of drug-likeness (QED) is 0.361. The van der Waals surface area contributed by atoms with Crippen molar-refractivity contribution in [2.45, 2.75) is 50.4 Å². The Kier molecular flexibility index (Phi) is 6.39. The second-order valence-corrected chi connectivity index (χ2v) is 8.65. The van der Waals surface area contributed by atoms with Crippen molar-refractivity contribution in [3.63, 3.8) is 0 Å². The number of fused-ring (bicyclic) bond motifs is 1. The van der Waals surface area contributed by atoms with Crippen molar-refractivity contribution in [2.75, 3.05) is 5.32 Å². The highest BCUT2D eigenvalue weighted by Crippen LogP contribution is 2.34. The fourth-order valence-electron chi connectivity index (χ4n) is 3.99. The van der Waals surface area contributed by atoms with Gasteiger partial charge in [0, 0.05) is 36.0 Å². The van der Waals surface area contributed by atoms with Crippen LogP contribution >= 0.6 is 0 Å². The van der Waals surface area contributed by atoms with Gasteiger partial charge in [-0.3, -0.25) is 9.59 Å². The van der Waals surface area contributed by atoms with Gasteiger partial charge < -0.3 is 20.4 Å². The van der Waals surface area contributed by atoms with Crippen molar-refractivity contribution in [1.29, 1.82) is 0 Å². The number of anilines is 1. The van der Waals surface area contributed by atoms with Crippen molar-refractivity contribution < 1.29 is 36.3 Å². The number of carbonyl (C=O) groups is 2. The molecule has 3 aromatic rings. The number of ether oxygens (including phenoxy) is 1. The topological polar surface area (TPSA) is 96.1 Å². The highest BCUT2D eigenvalue weighted by molar-refractivity contribution is 6.40. The van der Waals surface area contributed by atoms with Crippen LogP contribution in [0.3, 0.4) is 0 Å². The van der Waals surface area contributed by atoms with Crippen molar-refractivity contribution in [2.24, 2.45) is 0 Å². The molecule has 0 radical (unpaired) electrons. The smallest absolute Gasteiger partial charge is 0.417 e. The molecule has 35 heavy (non-hydrogen) atoms. The van der Waals surface area contributed by atoms with Crippen LogP contribution in [0.1, 0.15) is 38.2 Å². The molecule has 0 unspecified atom stereocenters. The number of halogens is 5. The monoisotopic (exact) mass is 496 g/mol. The minimum atomic E-state index is -4.49. The van der Waals surface area contributed by atoms with Crippen LogP contribution in [0.15, 0.2) is 36.7 Å². The number of carbonyl (C=O) groups excluding carboxylic acids is 2. The zero-order chi connectivity index (χ0) is 25.4. The number of hydrogen-bond acceptors (Lipinski definition) is 4. The molecule has 2 aromatic heterocycles. The van der Waals surface area contributed by atoms with Crippen LogP contribution in [0.5, 0.6) is 5.88 Å². The molecule has 1 aliphatic carbocycles. The Balaban J connectivity index is 1.30. The first-order valence-electron chi connectivity index (χ1n) is 10.7. The van der Waals surface area contributed by atoms with E-state index in [1.807, 2.05) is 0 Å². The summed E-state index contributed by atoms with van der Waals surface area (Å²) in [5.74, 6) is -3.92. The lowest BCUT2D eigenvalue weighted by Crippen LogP contribution is -2.47. The van der Waals surface area contributed by atoms with E-state index < -0.39 is 40.8 Å². The number of amides is 2. The molecule has 4 rings (SSSR count). The van der Waals surface area contributed by atoms with Gasteiger partial charge in [-0.1, -0.05) is 0 Å². The normalized spacial score (nSPS) is 20.5. The predicted molar refractivity (Wildman–Crippen MR) is 116 cm³/mol. The molecule has 186 valence electrons. The molecule has 0 spiro atoms. The molecule has 1 fully saturated rings. The summed E-state index contributed by atoms with van der Waals surface area (Å²) in [6.45, 7) is 1.80. The summed E-state index contributed by atoms with van der Waals surface area (Å²) < 4.78 is 70.8. The summed E-state index contributed by atoms with van der Waals surface area (Å²) in [6.07, 6.45) is -0.581. The number of hydrogen-bond donors (Lipinski definition) is 3. The second-order valence-electron chi connectivity index (χ2n) is 8.65. The maximum Gasteiger partial charge on any atom is 0.417 e. The van der Waals surface area contributed by atoms with Crippen molar-refractivity contribution in [3.8, 4) is 5.88 Å². The Hall–Kier alpha value is -3.70. The Labute approximate surface area is 196 Å². The summed E-state index contributed by atoms with van der Waals surface area (Å²) >= 11 is 0. The summed E-state index contributed by atoms with van der Waals surface area (Å²) in [4.78, 5) is 31.1. The van der Waals surface area contributed by atoms with E-state index in [0.717, 1.165) is 24.3 Å². The van der Waals surface area contributed by atoms with Gasteiger partial charge in [0.15, 0.2) is 11.6 Å². The molecule has 1 aliphatic rings. The second kappa shape index (κ2) is 9.16. The summed E-state index contributed by atoms with van der Waals surface area (Å²) in [7, 11) is 0. The number of pyridine rings is 1. The number of rotatable bonds is 4. The van der Waals surface area contributed by atoms with E-state index in [1.54, 1.807) is 6.92 Å². The largest absolute Gasteiger partial charge is 0.471 e. The van der Waals surface area contributed by atoms with E-state index in [-0.39, 0.29) is 28.5 Å². The van der Waals surface area contributed by atoms with Gasteiger partial charge in [0.2, 0.25) is 5.88 Å². The van der Waals surface area contributed by atoms with Crippen LogP contribution in [-0.4, -0.2) is 33.4 Å². The minimum absolute atomic E-state index is 0.0670. The van der Waals surface area contributed by atoms with Crippen LogP contribution in [0, 0.1) is 11.6 Å². The first-order chi connectivity index (χ1) is 16.4. The van der Waals surface area contributed by atoms with Crippen LogP contribution in [0.2, 0.25) is 0 Å². The van der Waals surface area contributed by atoms with E-state index in [9.17, 15) is 31.5 Å². The average Bonchev–Trinajstić information content (AvgIpc) is 3.16. The third kappa shape index (κ3) is 5.52. The molecular formula is C23H21F5N4O3. The summed E-state index contributed by atoms with van der Waals surface area (Å²) in [6, 6.07) is 3.61. The number of nitrogens with zero attached hydrogens (tertiary/aromatic N) is 1. The zero-order valence-electron chi connectivity index (χ0n) is 18.4. The molecule has 0 bridgehead atoms. The standard InChI is InChI=1S/C23H21F5N4O3/c1-22(35-19-3-2-12(10-30-19)23(26,27)28)6-4-13(5-7-22)31-20(33)21(34)32-18-11-29-17-9-16(25)15(24)8-14(17)18/h2-3,8-11,13,29H,4-7H2,1H3,(H,31,33)(H,32,34)/t13-,22+. The summed E-state index contributed by atoms with van der Waals surface area (Å²) in [5, 5.41) is 5.23. The van der Waals surface area contributed by atoms with Crippen molar-refractivity contribution in [3.05, 3.63) is 53.9 Å². The van der Waals surface area contributed by atoms with Crippen molar-refractivity contribution in [1.82, 2.24) is 15.3 Å². The van der Waals surface area contributed by atoms with Crippen LogP contribution in [-0.2, 0) is 15.8 Å². The highest BCUT2D eigenvalue weighted by atomic mass is 19.4. The molecule has 1 saturated carbocycles. The molecule has 1 aromatic carbocycles. The number of alkyl halides is 3. The van der Waals surface area contributed by atoms with Crippen LogP contribution in [0.4, 0.5) is 27.6 Å². The summed E-state index contributed by atoms with van der Waals surface area (Å²) in [5.41, 5.74) is -1.18. The Morgan fingerprint density at radius 2 is 1.80 bits per heavy atom. The van der Waals surface area contributed by atoms with Gasteiger partial charge in [0.25, 0.3) is 0 Å². The molecule has 0 aliphatic heterocycles. The molecular weight excluding hydrogens is 475 g/mol. The van der Waals surface area contributed by atoms with Gasteiger partial charge in [-0.05, 0) is 44.7 Å². The van der Waals surface area contributed by atoms with Crippen molar-refractivity contribution >= 4 is 28.4 Å². The Morgan fingerprint density at radius 1 is 1.11 bits per heavy atom. The average molecular weight is 496 g/mol. The molecule has 2 heterocycles. The van der Waals surface area contributed by atoms with Crippen LogP contribution in [0.25, 0.3) is 10.9 Å².